The third-order valence-corrected chi connectivity index (χ3v) is 2.58. The number of halogens is 2. The van der Waals surface area contributed by atoms with E-state index in [1.165, 1.54) is 12.1 Å². The van der Waals surface area contributed by atoms with Crippen LogP contribution in [0.1, 0.15) is 15.9 Å². The molecule has 0 heterocycles. The van der Waals surface area contributed by atoms with Crippen LogP contribution in [0.15, 0.2) is 42.5 Å². The lowest BCUT2D eigenvalue weighted by Gasteiger charge is -2.03. The number of hydrogen-bond donors (Lipinski definition) is 1. The van der Waals surface area contributed by atoms with Crippen LogP contribution < -0.4 is 5.73 Å². The van der Waals surface area contributed by atoms with E-state index in [2.05, 4.69) is 0 Å². The molecule has 0 aliphatic heterocycles. The number of ketones is 1. The zero-order chi connectivity index (χ0) is 12.4. The largest absolute Gasteiger partial charge is 0.399 e. The Balaban J connectivity index is 2.40. The summed E-state index contributed by atoms with van der Waals surface area (Å²) in [6.45, 7) is 0. The lowest BCUT2D eigenvalue weighted by Crippen LogP contribution is -2.04. The van der Waals surface area contributed by atoms with Crippen LogP contribution in [0.2, 0.25) is 5.02 Å². The molecule has 0 atom stereocenters. The quantitative estimate of drug-likeness (QED) is 0.656. The monoisotopic (exact) mass is 249 g/mol. The molecule has 0 fully saturated rings. The van der Waals surface area contributed by atoms with Crippen LogP contribution in [-0.4, -0.2) is 5.78 Å². The smallest absolute Gasteiger partial charge is 0.195 e. The first-order valence-electron chi connectivity index (χ1n) is 4.93. The molecule has 2 aromatic rings. The minimum Gasteiger partial charge on any atom is -0.399 e. The van der Waals surface area contributed by atoms with Gasteiger partial charge in [-0.2, -0.15) is 0 Å². The zero-order valence-electron chi connectivity index (χ0n) is 8.78. The number of anilines is 1. The van der Waals surface area contributed by atoms with Crippen LogP contribution >= 0.6 is 11.6 Å². The highest BCUT2D eigenvalue weighted by Gasteiger charge is 2.13. The fraction of sp³-hybridized carbons (Fsp3) is 0. The van der Waals surface area contributed by atoms with Crippen LogP contribution in [0.25, 0.3) is 0 Å². The number of carbonyl (C=O) groups is 1. The predicted molar refractivity (Wildman–Crippen MR) is 65.7 cm³/mol. The van der Waals surface area contributed by atoms with Gasteiger partial charge in [0.15, 0.2) is 5.78 Å². The highest BCUT2D eigenvalue weighted by molar-refractivity contribution is 6.30. The predicted octanol–water partition coefficient (Wildman–Crippen LogP) is 3.29. The normalized spacial score (nSPS) is 10.2. The van der Waals surface area contributed by atoms with Crippen molar-refractivity contribution in [2.45, 2.75) is 0 Å². The molecule has 0 aliphatic rings. The maximum atomic E-state index is 13.5. The minimum atomic E-state index is -0.626. The SMILES string of the molecule is Nc1ccc(C(=O)c2ccc(Cl)cc2F)cc1. The van der Waals surface area contributed by atoms with Crippen molar-refractivity contribution in [3.63, 3.8) is 0 Å². The first kappa shape index (κ1) is 11.6. The van der Waals surface area contributed by atoms with E-state index in [-0.39, 0.29) is 16.4 Å². The van der Waals surface area contributed by atoms with Crippen molar-refractivity contribution in [2.24, 2.45) is 0 Å². The van der Waals surface area contributed by atoms with Gasteiger partial charge in [0.2, 0.25) is 0 Å². The van der Waals surface area contributed by atoms with Crippen LogP contribution in [0, 0.1) is 5.82 Å². The van der Waals surface area contributed by atoms with Crippen molar-refractivity contribution in [1.82, 2.24) is 0 Å². The molecule has 2 rings (SSSR count). The molecule has 4 heteroatoms. The Bertz CT molecular complexity index is 566. The molecule has 86 valence electrons. The molecule has 2 aromatic carbocycles. The Morgan fingerprint density at radius 1 is 1.12 bits per heavy atom. The summed E-state index contributed by atoms with van der Waals surface area (Å²) in [7, 11) is 0. The van der Waals surface area contributed by atoms with E-state index in [1.54, 1.807) is 24.3 Å². The van der Waals surface area contributed by atoms with Crippen molar-refractivity contribution in [3.8, 4) is 0 Å². The molecule has 0 saturated carbocycles. The van der Waals surface area contributed by atoms with E-state index >= 15 is 0 Å². The van der Waals surface area contributed by atoms with Gasteiger partial charge in [0.05, 0.1) is 5.56 Å². The number of nitrogen functional groups attached to an aromatic ring is 1. The van der Waals surface area contributed by atoms with E-state index in [0.717, 1.165) is 6.07 Å². The van der Waals surface area contributed by atoms with Crippen LogP contribution in [0.5, 0.6) is 0 Å². The highest BCUT2D eigenvalue weighted by Crippen LogP contribution is 2.18. The maximum Gasteiger partial charge on any atom is 0.195 e. The third kappa shape index (κ3) is 2.45. The van der Waals surface area contributed by atoms with Gasteiger partial charge in [-0.05, 0) is 42.5 Å². The standard InChI is InChI=1S/C13H9ClFNO/c14-9-3-6-11(12(15)7-9)13(17)8-1-4-10(16)5-2-8/h1-7H,16H2. The van der Waals surface area contributed by atoms with E-state index in [0.29, 0.717) is 11.3 Å². The van der Waals surface area contributed by atoms with Gasteiger partial charge in [-0.1, -0.05) is 11.6 Å². The van der Waals surface area contributed by atoms with Gasteiger partial charge >= 0.3 is 0 Å². The Morgan fingerprint density at radius 3 is 2.35 bits per heavy atom. The average Bonchev–Trinajstić information content (AvgIpc) is 2.29. The number of hydrogen-bond acceptors (Lipinski definition) is 2. The summed E-state index contributed by atoms with van der Waals surface area (Å²) < 4.78 is 13.5. The summed E-state index contributed by atoms with van der Waals surface area (Å²) in [6.07, 6.45) is 0. The van der Waals surface area contributed by atoms with E-state index in [9.17, 15) is 9.18 Å². The number of nitrogens with two attached hydrogens (primary N) is 1. The van der Waals surface area contributed by atoms with Crippen molar-refractivity contribution in [1.29, 1.82) is 0 Å². The van der Waals surface area contributed by atoms with Crippen LogP contribution in [-0.2, 0) is 0 Å². The van der Waals surface area contributed by atoms with Gasteiger partial charge < -0.3 is 5.73 Å². The zero-order valence-corrected chi connectivity index (χ0v) is 9.54. The van der Waals surface area contributed by atoms with Crippen molar-refractivity contribution in [3.05, 3.63) is 64.4 Å². The summed E-state index contributed by atoms with van der Waals surface area (Å²) in [5, 5.41) is 0.261. The third-order valence-electron chi connectivity index (χ3n) is 2.35. The van der Waals surface area contributed by atoms with Gasteiger partial charge in [0.1, 0.15) is 5.82 Å². The number of rotatable bonds is 2. The van der Waals surface area contributed by atoms with Crippen LogP contribution in [0.4, 0.5) is 10.1 Å². The minimum absolute atomic E-state index is 0.000767. The van der Waals surface area contributed by atoms with Crippen LogP contribution in [0.3, 0.4) is 0 Å². The van der Waals surface area contributed by atoms with Gasteiger partial charge in [-0.3, -0.25) is 4.79 Å². The fourth-order valence-corrected chi connectivity index (χ4v) is 1.62. The molecule has 0 spiro atoms. The second kappa shape index (κ2) is 4.55. The summed E-state index contributed by atoms with van der Waals surface area (Å²) in [5.41, 5.74) is 6.45. The Morgan fingerprint density at radius 2 is 1.76 bits per heavy atom. The fourth-order valence-electron chi connectivity index (χ4n) is 1.46. The molecule has 0 aromatic heterocycles. The molecule has 2 N–H and O–H groups in total. The second-order valence-corrected chi connectivity index (χ2v) is 4.01. The lowest BCUT2D eigenvalue weighted by molar-refractivity contribution is 0.103. The van der Waals surface area contributed by atoms with Gasteiger partial charge in [0.25, 0.3) is 0 Å². The lowest BCUT2D eigenvalue weighted by atomic mass is 10.0. The topological polar surface area (TPSA) is 43.1 Å². The van der Waals surface area contributed by atoms with Gasteiger partial charge in [-0.15, -0.1) is 0 Å². The van der Waals surface area contributed by atoms with Crippen molar-refractivity contribution < 1.29 is 9.18 Å². The summed E-state index contributed by atoms with van der Waals surface area (Å²) in [4.78, 5) is 12.0. The molecular formula is C13H9ClFNO. The van der Waals surface area contributed by atoms with Gasteiger partial charge in [0, 0.05) is 16.3 Å². The average molecular weight is 250 g/mol. The molecule has 0 unspecified atom stereocenters. The van der Waals surface area contributed by atoms with Crippen molar-refractivity contribution in [2.75, 3.05) is 5.73 Å². The first-order chi connectivity index (χ1) is 8.08. The molecule has 17 heavy (non-hydrogen) atoms. The molecule has 0 radical (unpaired) electrons. The molecule has 2 nitrogen and oxygen atoms in total. The first-order valence-corrected chi connectivity index (χ1v) is 5.31. The Hall–Kier alpha value is -1.87. The summed E-state index contributed by atoms with van der Waals surface area (Å²) in [5.74, 6) is -1.02. The number of benzene rings is 2. The Kier molecular flexibility index (Phi) is 3.11. The van der Waals surface area contributed by atoms with E-state index in [4.69, 9.17) is 17.3 Å². The van der Waals surface area contributed by atoms with Crippen molar-refractivity contribution >= 4 is 23.1 Å². The maximum absolute atomic E-state index is 13.5. The molecule has 0 amide bonds. The molecule has 0 bridgehead atoms. The molecular weight excluding hydrogens is 241 g/mol. The Labute approximate surface area is 103 Å². The van der Waals surface area contributed by atoms with Gasteiger partial charge in [-0.25, -0.2) is 4.39 Å². The number of carbonyl (C=O) groups excluding carboxylic acids is 1. The second-order valence-electron chi connectivity index (χ2n) is 3.58. The van der Waals surface area contributed by atoms with E-state index in [1.807, 2.05) is 0 Å². The summed E-state index contributed by atoms with van der Waals surface area (Å²) >= 11 is 5.62. The van der Waals surface area contributed by atoms with E-state index < -0.39 is 5.82 Å². The molecule has 0 saturated heterocycles. The summed E-state index contributed by atoms with van der Waals surface area (Å²) in [6, 6.07) is 10.3. The highest BCUT2D eigenvalue weighted by atomic mass is 35.5. The molecule has 0 aliphatic carbocycles.